The summed E-state index contributed by atoms with van der Waals surface area (Å²) in [7, 11) is -2.10. The fraction of sp³-hybridized carbons (Fsp3) is 0.647. The fourth-order valence-corrected chi connectivity index (χ4v) is 10.6. The molecule has 2 amide bonds. The summed E-state index contributed by atoms with van der Waals surface area (Å²) in [5.41, 5.74) is 3.09. The summed E-state index contributed by atoms with van der Waals surface area (Å²) in [6.45, 7) is 13.2. The van der Waals surface area contributed by atoms with E-state index < -0.39 is 31.7 Å². The first-order valence-electron chi connectivity index (χ1n) is 16.9. The number of amides is 2. The van der Waals surface area contributed by atoms with Gasteiger partial charge in [-0.1, -0.05) is 45.7 Å². The molecule has 0 aliphatic carbocycles. The first kappa shape index (κ1) is 38.4. The van der Waals surface area contributed by atoms with Gasteiger partial charge in [-0.25, -0.2) is 10.3 Å². The number of H-pyrrole nitrogens is 1. The molecule has 0 bridgehead atoms. The van der Waals surface area contributed by atoms with E-state index in [1.54, 1.807) is 18.6 Å². The van der Waals surface area contributed by atoms with Crippen molar-refractivity contribution in [3.63, 3.8) is 0 Å². The maximum atomic E-state index is 13.0. The van der Waals surface area contributed by atoms with Crippen LogP contribution in [-0.2, 0) is 22.8 Å². The smallest absolute Gasteiger partial charge is 0.330 e. The summed E-state index contributed by atoms with van der Waals surface area (Å²) in [5, 5.41) is 11.6. The van der Waals surface area contributed by atoms with Crippen LogP contribution in [0.3, 0.4) is 0 Å². The monoisotopic (exact) mass is 720 g/mol. The van der Waals surface area contributed by atoms with Gasteiger partial charge in [-0.3, -0.25) is 29.1 Å². The van der Waals surface area contributed by atoms with Crippen LogP contribution in [0.5, 0.6) is 0 Å². The largest absolute Gasteiger partial charge is 0.414 e. The van der Waals surface area contributed by atoms with Gasteiger partial charge < -0.3 is 14.5 Å². The number of benzene rings is 1. The zero-order valence-electron chi connectivity index (χ0n) is 29.1. The second-order valence-corrected chi connectivity index (χ2v) is 22.1. The summed E-state index contributed by atoms with van der Waals surface area (Å²) in [6, 6.07) is 8.12. The predicted molar refractivity (Wildman–Crippen MR) is 195 cm³/mol. The van der Waals surface area contributed by atoms with Gasteiger partial charge in [0.1, 0.15) is 6.23 Å². The Morgan fingerprint density at radius 1 is 1.06 bits per heavy atom. The van der Waals surface area contributed by atoms with Gasteiger partial charge in [0, 0.05) is 42.6 Å². The molecule has 2 saturated heterocycles. The van der Waals surface area contributed by atoms with Crippen LogP contribution >= 0.6 is 23.5 Å². The third-order valence-electron chi connectivity index (χ3n) is 9.77. The lowest BCUT2D eigenvalue weighted by atomic mass is 9.91. The van der Waals surface area contributed by atoms with E-state index in [-0.39, 0.29) is 33.5 Å². The number of unbranched alkanes of at least 4 members (excludes halogenated alkanes) is 3. The number of hydrogen-bond acceptors (Lipinski definition) is 9. The molecule has 1 aromatic heterocycles. The van der Waals surface area contributed by atoms with Crippen molar-refractivity contribution in [3.8, 4) is 0 Å². The highest BCUT2D eigenvalue weighted by Gasteiger charge is 2.53. The molecule has 266 valence electrons. The number of anilines is 1. The lowest BCUT2D eigenvalue weighted by Gasteiger charge is -2.44. The van der Waals surface area contributed by atoms with Gasteiger partial charge in [0.05, 0.1) is 16.8 Å². The zero-order valence-corrected chi connectivity index (χ0v) is 31.7. The quantitative estimate of drug-likeness (QED) is 0.0765. The van der Waals surface area contributed by atoms with Crippen molar-refractivity contribution in [2.45, 2.75) is 114 Å². The topological polar surface area (TPSA) is 152 Å². The molecule has 4 N–H and O–H groups in total. The molecule has 2 fully saturated rings. The number of aryl methyl sites for hydroxylation is 1. The summed E-state index contributed by atoms with van der Waals surface area (Å²) >= 11 is 3.84. The van der Waals surface area contributed by atoms with E-state index in [9.17, 15) is 19.2 Å². The Morgan fingerprint density at radius 3 is 2.29 bits per heavy atom. The average Bonchev–Trinajstić information content (AvgIpc) is 3.48. The van der Waals surface area contributed by atoms with Gasteiger partial charge in [0.2, 0.25) is 11.8 Å². The number of aromatic nitrogens is 2. The van der Waals surface area contributed by atoms with Crippen LogP contribution in [0.25, 0.3) is 0 Å². The van der Waals surface area contributed by atoms with E-state index in [0.29, 0.717) is 31.4 Å². The molecule has 0 spiro atoms. The number of nitrogens with zero attached hydrogens (tertiary/aromatic N) is 1. The summed E-state index contributed by atoms with van der Waals surface area (Å²) < 4.78 is 14.6. The van der Waals surface area contributed by atoms with Crippen LogP contribution in [0.4, 0.5) is 5.69 Å². The Balaban J connectivity index is 1.53. The Kier molecular flexibility index (Phi) is 13.3. The van der Waals surface area contributed by atoms with Crippen molar-refractivity contribution in [1.82, 2.24) is 15.0 Å². The Labute approximate surface area is 292 Å². The van der Waals surface area contributed by atoms with Crippen molar-refractivity contribution in [3.05, 3.63) is 62.4 Å². The molecular formula is C34H52N4O7S2Si. The van der Waals surface area contributed by atoms with E-state index >= 15 is 0 Å². The number of hydrogen-bond donors (Lipinski definition) is 4. The fourth-order valence-electron chi connectivity index (χ4n) is 5.90. The highest BCUT2D eigenvalue weighted by Crippen LogP contribution is 2.60. The van der Waals surface area contributed by atoms with Gasteiger partial charge in [-0.05, 0) is 73.5 Å². The highest BCUT2D eigenvalue weighted by atomic mass is 32.2. The first-order chi connectivity index (χ1) is 22.7. The molecule has 0 unspecified atom stereocenters. The van der Waals surface area contributed by atoms with E-state index in [2.05, 4.69) is 56.3 Å². The van der Waals surface area contributed by atoms with Crippen molar-refractivity contribution in [1.29, 1.82) is 0 Å². The SMILES string of the molecule is Cc1cn([C@@H]2C[C@H](C3(c4ccc(NC(=O)CCCCCCC(=O)NO)cc4)SCCCS3)[C@@H](CO[Si](C)(C)C(C)(C)C)O2)c(=O)[nH]c1=O. The minimum absolute atomic E-state index is 0.00518. The minimum atomic E-state index is -2.10. The molecule has 0 radical (unpaired) electrons. The molecular weight excluding hydrogens is 669 g/mol. The third-order valence-corrected chi connectivity index (χ3v) is 17.9. The maximum absolute atomic E-state index is 13.0. The minimum Gasteiger partial charge on any atom is -0.414 e. The van der Waals surface area contributed by atoms with Crippen molar-refractivity contribution < 1.29 is 24.0 Å². The molecule has 3 atom stereocenters. The predicted octanol–water partition coefficient (Wildman–Crippen LogP) is 6.28. The lowest BCUT2D eigenvalue weighted by Crippen LogP contribution is -2.45. The van der Waals surface area contributed by atoms with Gasteiger partial charge in [-0.15, -0.1) is 23.5 Å². The number of hydroxylamine groups is 1. The van der Waals surface area contributed by atoms with Gasteiger partial charge in [0.25, 0.3) is 5.56 Å². The normalized spacial score (nSPS) is 21.2. The second kappa shape index (κ2) is 16.6. The van der Waals surface area contributed by atoms with Crippen LogP contribution in [0, 0.1) is 12.8 Å². The summed E-state index contributed by atoms with van der Waals surface area (Å²) in [6.07, 6.45) is 6.16. The number of aromatic amines is 1. The number of rotatable bonds is 14. The van der Waals surface area contributed by atoms with Gasteiger partial charge >= 0.3 is 5.69 Å². The molecule has 2 aliphatic rings. The van der Waals surface area contributed by atoms with Crippen LogP contribution in [0.2, 0.25) is 18.1 Å². The number of ether oxygens (including phenoxy) is 1. The van der Waals surface area contributed by atoms with E-state index in [4.69, 9.17) is 14.4 Å². The van der Waals surface area contributed by atoms with Crippen molar-refractivity contribution >= 4 is 49.3 Å². The number of carbonyl (C=O) groups excluding carboxylic acids is 2. The van der Waals surface area contributed by atoms with E-state index in [1.807, 2.05) is 35.7 Å². The number of nitrogens with one attached hydrogen (secondary N) is 3. The second-order valence-electron chi connectivity index (χ2n) is 14.3. The molecule has 2 aliphatic heterocycles. The third kappa shape index (κ3) is 9.45. The van der Waals surface area contributed by atoms with Gasteiger partial charge in [0.15, 0.2) is 8.32 Å². The van der Waals surface area contributed by atoms with Crippen LogP contribution < -0.4 is 22.0 Å². The van der Waals surface area contributed by atoms with Crippen molar-refractivity contribution in [2.24, 2.45) is 5.92 Å². The molecule has 48 heavy (non-hydrogen) atoms. The first-order valence-corrected chi connectivity index (χ1v) is 21.8. The Bertz CT molecular complexity index is 1520. The highest BCUT2D eigenvalue weighted by molar-refractivity contribution is 8.18. The zero-order chi connectivity index (χ0) is 35.1. The van der Waals surface area contributed by atoms with Crippen molar-refractivity contribution in [2.75, 3.05) is 23.4 Å². The van der Waals surface area contributed by atoms with Gasteiger partial charge in [-0.2, -0.15) is 0 Å². The number of thioether (sulfide) groups is 2. The maximum Gasteiger partial charge on any atom is 0.330 e. The van der Waals surface area contributed by atoms with Crippen LogP contribution in [0.15, 0.2) is 40.1 Å². The average molecular weight is 721 g/mol. The Hall–Kier alpha value is -2.36. The lowest BCUT2D eigenvalue weighted by molar-refractivity contribution is -0.129. The molecule has 1 aromatic carbocycles. The summed E-state index contributed by atoms with van der Waals surface area (Å²) in [4.78, 5) is 51.4. The number of carbonyl (C=O) groups is 2. The van der Waals surface area contributed by atoms with E-state index in [0.717, 1.165) is 48.4 Å². The molecule has 11 nitrogen and oxygen atoms in total. The summed E-state index contributed by atoms with van der Waals surface area (Å²) in [5.74, 6) is 1.54. The van der Waals surface area contributed by atoms with Crippen LogP contribution in [0.1, 0.15) is 89.5 Å². The molecule has 14 heteroatoms. The molecule has 2 aromatic rings. The van der Waals surface area contributed by atoms with Crippen LogP contribution in [-0.4, -0.2) is 59.1 Å². The van der Waals surface area contributed by atoms with E-state index in [1.165, 1.54) is 4.57 Å². The molecule has 4 rings (SSSR count). The molecule has 3 heterocycles. The Morgan fingerprint density at radius 2 is 1.69 bits per heavy atom. The standard InChI is InChI=1S/C34H52N4O7S2Si/c1-23-21-38(32(42)36-31(23)41)30-20-26(27(45-30)22-44-48(5,6)33(2,3)4)34(46-18-11-19-47-34)24-14-16-25(17-15-24)35-28(39)12-9-7-8-10-13-29(40)37-43/h14-17,21,26-27,30,43H,7-13,18-20,22H2,1-6H3,(H,35,39)(H,37,40)(H,36,41,42)/t26-,27+,30-/m0/s1. The molecule has 0 saturated carbocycles.